The van der Waals surface area contributed by atoms with Gasteiger partial charge in [0.1, 0.15) is 5.82 Å². The van der Waals surface area contributed by atoms with Crippen LogP contribution < -0.4 is 19.7 Å². The lowest BCUT2D eigenvalue weighted by Gasteiger charge is -2.43. The Balaban J connectivity index is 1.16. The maximum Gasteiger partial charge on any atom is 0.305 e. The standard InChI is InChI=1S/C30H28FN3O6S2/c1-39-18-8-3-13(11-19(18)40-2)21-22-16-12-17(25(22)41-27-26(21)42-30(38)33-27)24-23(16)28(36)34(29(24)37)10-9-20(35)32-15-6-4-14(31)5-7-15/h3-8,11,16-17,21-25H,9-10,12H2,1-2H3,(H,32,35)(H,33,38). The topological polar surface area (TPSA) is 118 Å². The lowest BCUT2D eigenvalue weighted by atomic mass is 9.68. The number of H-pyrrole nitrogens is 1. The molecule has 3 heterocycles. The van der Waals surface area contributed by atoms with E-state index in [4.69, 9.17) is 9.47 Å². The van der Waals surface area contributed by atoms with Crippen LogP contribution in [-0.4, -0.2) is 53.6 Å². The van der Waals surface area contributed by atoms with Gasteiger partial charge in [0.05, 0.1) is 31.1 Å². The number of benzene rings is 2. The molecule has 3 aromatic rings. The number of ether oxygens (including phenoxy) is 2. The average molecular weight is 610 g/mol. The van der Waals surface area contributed by atoms with Crippen molar-refractivity contribution < 1.29 is 28.2 Å². The van der Waals surface area contributed by atoms with Crippen LogP contribution in [0.2, 0.25) is 0 Å². The molecule has 0 radical (unpaired) electrons. The van der Waals surface area contributed by atoms with Crippen LogP contribution in [0.4, 0.5) is 10.1 Å². The molecule has 9 nitrogen and oxygen atoms in total. The number of anilines is 1. The number of aromatic nitrogens is 1. The van der Waals surface area contributed by atoms with Crippen LogP contribution in [0, 0.1) is 35.4 Å². The zero-order chi connectivity index (χ0) is 29.3. The number of aromatic amines is 1. The summed E-state index contributed by atoms with van der Waals surface area (Å²) in [6.45, 7) is -0.000618. The first kappa shape index (κ1) is 27.2. The fraction of sp³-hybridized carbons (Fsp3) is 0.400. The Morgan fingerprint density at radius 2 is 1.74 bits per heavy atom. The fourth-order valence-electron chi connectivity index (χ4n) is 7.69. The number of hydrogen-bond donors (Lipinski definition) is 2. The van der Waals surface area contributed by atoms with Crippen molar-refractivity contribution in [3.63, 3.8) is 0 Å². The van der Waals surface area contributed by atoms with Crippen LogP contribution in [-0.2, 0) is 14.4 Å². The number of nitrogens with one attached hydrogen (secondary N) is 2. The van der Waals surface area contributed by atoms with Gasteiger partial charge in [-0.1, -0.05) is 17.4 Å². The minimum absolute atomic E-state index is 0.000618. The molecule has 2 aliphatic heterocycles. The molecule has 0 spiro atoms. The summed E-state index contributed by atoms with van der Waals surface area (Å²) in [5.74, 6) is -0.974. The Hall–Kier alpha value is -3.64. The van der Waals surface area contributed by atoms with Crippen molar-refractivity contribution in [2.75, 3.05) is 26.1 Å². The highest BCUT2D eigenvalue weighted by atomic mass is 32.2. The summed E-state index contributed by atoms with van der Waals surface area (Å²) in [4.78, 5) is 57.6. The second-order valence-corrected chi connectivity index (χ2v) is 13.4. The molecule has 1 aromatic heterocycles. The van der Waals surface area contributed by atoms with Gasteiger partial charge in [0.15, 0.2) is 11.5 Å². The van der Waals surface area contributed by atoms with Gasteiger partial charge in [0.25, 0.3) is 0 Å². The van der Waals surface area contributed by atoms with E-state index in [1.54, 1.807) is 26.0 Å². The summed E-state index contributed by atoms with van der Waals surface area (Å²) in [6, 6.07) is 11.2. The van der Waals surface area contributed by atoms with Crippen molar-refractivity contribution in [2.45, 2.75) is 29.0 Å². The molecule has 42 heavy (non-hydrogen) atoms. The average Bonchev–Trinajstić information content (AvgIpc) is 3.72. The zero-order valence-electron chi connectivity index (χ0n) is 22.8. The second kappa shape index (κ2) is 10.3. The minimum atomic E-state index is -0.440. The Bertz CT molecular complexity index is 1660. The number of carbonyl (C=O) groups is 3. The Kier molecular flexibility index (Phi) is 6.65. The molecule has 7 atom stereocenters. The minimum Gasteiger partial charge on any atom is -0.493 e. The van der Waals surface area contributed by atoms with Gasteiger partial charge in [-0.3, -0.25) is 24.1 Å². The first-order valence-corrected chi connectivity index (χ1v) is 15.5. The van der Waals surface area contributed by atoms with E-state index in [1.807, 2.05) is 18.2 Å². The fourth-order valence-corrected chi connectivity index (χ4v) is 10.6. The van der Waals surface area contributed by atoms with E-state index in [-0.39, 0.29) is 64.5 Å². The van der Waals surface area contributed by atoms with Gasteiger partial charge in [-0.15, -0.1) is 11.8 Å². The van der Waals surface area contributed by atoms with Crippen molar-refractivity contribution in [2.24, 2.45) is 29.6 Å². The van der Waals surface area contributed by atoms with Crippen LogP contribution in [0.3, 0.4) is 0 Å². The monoisotopic (exact) mass is 609 g/mol. The lowest BCUT2D eigenvalue weighted by molar-refractivity contribution is -0.141. The summed E-state index contributed by atoms with van der Waals surface area (Å²) in [5.41, 5.74) is 1.43. The summed E-state index contributed by atoms with van der Waals surface area (Å²) < 4.78 is 24.2. The number of imide groups is 1. The molecular weight excluding hydrogens is 581 g/mol. The maximum atomic E-state index is 13.8. The molecule has 3 fully saturated rings. The number of rotatable bonds is 7. The second-order valence-electron chi connectivity index (χ2n) is 11.2. The molecule has 2 saturated carbocycles. The van der Waals surface area contributed by atoms with Gasteiger partial charge < -0.3 is 19.8 Å². The molecular formula is C30H28FN3O6S2. The van der Waals surface area contributed by atoms with E-state index in [0.717, 1.165) is 21.9 Å². The number of fused-ring (bicyclic) bond motifs is 9. The number of methoxy groups -OCH3 is 2. The van der Waals surface area contributed by atoms with Gasteiger partial charge in [-0.25, -0.2) is 4.39 Å². The molecule has 218 valence electrons. The van der Waals surface area contributed by atoms with Gasteiger partial charge >= 0.3 is 4.87 Å². The van der Waals surface area contributed by atoms with E-state index in [1.165, 1.54) is 40.5 Å². The molecule has 2 aliphatic carbocycles. The molecule has 12 heteroatoms. The van der Waals surface area contributed by atoms with Crippen molar-refractivity contribution in [3.8, 4) is 11.5 Å². The van der Waals surface area contributed by atoms with Gasteiger partial charge in [0.2, 0.25) is 17.7 Å². The van der Waals surface area contributed by atoms with Crippen molar-refractivity contribution in [1.29, 1.82) is 0 Å². The number of thiazole rings is 1. The molecule has 2 N–H and O–H groups in total. The molecule has 3 amide bonds. The number of nitrogens with zero attached hydrogens (tertiary/aromatic N) is 1. The summed E-state index contributed by atoms with van der Waals surface area (Å²) in [6.07, 6.45) is 0.731. The highest BCUT2D eigenvalue weighted by Crippen LogP contribution is 2.68. The van der Waals surface area contributed by atoms with Crippen LogP contribution in [0.1, 0.15) is 29.2 Å². The first-order valence-electron chi connectivity index (χ1n) is 13.8. The van der Waals surface area contributed by atoms with E-state index >= 15 is 0 Å². The number of thioether (sulfide) groups is 1. The Morgan fingerprint density at radius 3 is 2.45 bits per heavy atom. The van der Waals surface area contributed by atoms with Gasteiger partial charge in [-0.2, -0.15) is 0 Å². The number of likely N-dealkylation sites (tertiary alicyclic amines) is 1. The van der Waals surface area contributed by atoms with Crippen molar-refractivity contribution >= 4 is 46.5 Å². The maximum absolute atomic E-state index is 13.8. The van der Waals surface area contributed by atoms with Crippen molar-refractivity contribution in [3.05, 3.63) is 68.4 Å². The van der Waals surface area contributed by atoms with E-state index in [9.17, 15) is 23.6 Å². The quantitative estimate of drug-likeness (QED) is 0.388. The highest BCUT2D eigenvalue weighted by Gasteiger charge is 2.69. The summed E-state index contributed by atoms with van der Waals surface area (Å²) >= 11 is 2.83. The number of amides is 3. The summed E-state index contributed by atoms with van der Waals surface area (Å²) in [5, 5.41) is 3.59. The lowest BCUT2D eigenvalue weighted by Crippen LogP contribution is -2.42. The largest absolute Gasteiger partial charge is 0.493 e. The predicted octanol–water partition coefficient (Wildman–Crippen LogP) is 4.09. The third-order valence-corrected chi connectivity index (χ3v) is 11.9. The number of halogens is 1. The van der Waals surface area contributed by atoms with E-state index < -0.39 is 17.7 Å². The smallest absolute Gasteiger partial charge is 0.305 e. The zero-order valence-corrected chi connectivity index (χ0v) is 24.4. The number of hydrogen-bond acceptors (Lipinski definition) is 8. The summed E-state index contributed by atoms with van der Waals surface area (Å²) in [7, 11) is 3.17. The normalized spacial score (nSPS) is 28.8. The first-order chi connectivity index (χ1) is 20.3. The van der Waals surface area contributed by atoms with Gasteiger partial charge in [-0.05, 0) is 66.1 Å². The third kappa shape index (κ3) is 4.17. The van der Waals surface area contributed by atoms with Gasteiger partial charge in [0, 0.05) is 34.7 Å². The third-order valence-electron chi connectivity index (χ3n) is 9.27. The van der Waals surface area contributed by atoms with Crippen LogP contribution in [0.15, 0.2) is 52.3 Å². The molecule has 2 aromatic carbocycles. The van der Waals surface area contributed by atoms with Crippen LogP contribution in [0.5, 0.6) is 11.5 Å². The van der Waals surface area contributed by atoms with Crippen LogP contribution in [0.25, 0.3) is 0 Å². The van der Waals surface area contributed by atoms with Crippen LogP contribution >= 0.6 is 23.1 Å². The van der Waals surface area contributed by atoms with E-state index in [0.29, 0.717) is 17.2 Å². The highest BCUT2D eigenvalue weighted by molar-refractivity contribution is 8.00. The Morgan fingerprint density at radius 1 is 1.02 bits per heavy atom. The predicted molar refractivity (Wildman–Crippen MR) is 154 cm³/mol. The molecule has 7 rings (SSSR count). The SMILES string of the molecule is COc1ccc(C2c3sc(=O)[nH]c3SC3C4CC(C5C(=O)N(CCC(=O)Nc6ccc(F)cc6)C(=O)C45)C23)cc1OC. The molecule has 2 bridgehead atoms. The molecule has 1 saturated heterocycles. The van der Waals surface area contributed by atoms with Crippen molar-refractivity contribution in [1.82, 2.24) is 9.88 Å². The van der Waals surface area contributed by atoms with E-state index in [2.05, 4.69) is 10.3 Å². The number of carbonyl (C=O) groups excluding carboxylic acids is 3. The molecule has 4 aliphatic rings. The Labute approximate surface area is 248 Å². The molecule has 7 unspecified atom stereocenters.